The number of aromatic nitrogens is 2. The Morgan fingerprint density at radius 2 is 2.28 bits per heavy atom. The second-order valence-corrected chi connectivity index (χ2v) is 4.83. The number of benzene rings is 1. The predicted octanol–water partition coefficient (Wildman–Crippen LogP) is 3.23. The van der Waals surface area contributed by atoms with E-state index in [0.717, 1.165) is 11.6 Å². The van der Waals surface area contributed by atoms with Crippen LogP contribution in [0.15, 0.2) is 18.2 Å². The number of hydrogen-bond acceptors (Lipinski definition) is 5. The van der Waals surface area contributed by atoms with Gasteiger partial charge in [0.15, 0.2) is 11.6 Å². The molecule has 96 valence electrons. The van der Waals surface area contributed by atoms with E-state index in [1.807, 2.05) is 6.92 Å². The van der Waals surface area contributed by atoms with Crippen molar-refractivity contribution in [1.82, 2.24) is 15.5 Å². The smallest absolute Gasteiger partial charge is 0.299 e. The number of nitrogens with zero attached hydrogens (tertiary/aromatic N) is 2. The second-order valence-electron chi connectivity index (χ2n) is 3.40. The second kappa shape index (κ2) is 6.08. The minimum Gasteiger partial charge on any atom is -0.427 e. The van der Waals surface area contributed by atoms with Crippen LogP contribution >= 0.6 is 22.9 Å². The first kappa shape index (κ1) is 13.2. The van der Waals surface area contributed by atoms with Gasteiger partial charge in [0.1, 0.15) is 5.01 Å². The van der Waals surface area contributed by atoms with E-state index in [0.29, 0.717) is 11.7 Å². The quantitative estimate of drug-likeness (QED) is 0.917. The molecule has 4 nitrogen and oxygen atoms in total. The molecule has 1 N–H and O–H groups in total. The van der Waals surface area contributed by atoms with E-state index < -0.39 is 5.82 Å². The van der Waals surface area contributed by atoms with Gasteiger partial charge in [-0.15, -0.1) is 5.10 Å². The van der Waals surface area contributed by atoms with Crippen LogP contribution in [0.1, 0.15) is 11.9 Å². The fourth-order valence-electron chi connectivity index (χ4n) is 1.24. The largest absolute Gasteiger partial charge is 0.427 e. The number of nitrogens with one attached hydrogen (secondary N) is 1. The Bertz CT molecular complexity index is 535. The van der Waals surface area contributed by atoms with Crippen molar-refractivity contribution in [3.05, 3.63) is 34.0 Å². The number of ether oxygens (including phenoxy) is 1. The Kier molecular flexibility index (Phi) is 4.46. The van der Waals surface area contributed by atoms with E-state index in [1.54, 1.807) is 6.07 Å². The Morgan fingerprint density at radius 3 is 3.06 bits per heavy atom. The molecule has 0 fully saturated rings. The Morgan fingerprint density at radius 1 is 1.44 bits per heavy atom. The van der Waals surface area contributed by atoms with Gasteiger partial charge in [0.05, 0.1) is 5.02 Å². The van der Waals surface area contributed by atoms with Crippen molar-refractivity contribution in [3.63, 3.8) is 0 Å². The lowest BCUT2D eigenvalue weighted by Crippen LogP contribution is -2.11. The molecule has 0 radical (unpaired) electrons. The van der Waals surface area contributed by atoms with E-state index in [4.69, 9.17) is 16.3 Å². The van der Waals surface area contributed by atoms with Crippen LogP contribution in [0.3, 0.4) is 0 Å². The molecule has 0 aliphatic rings. The zero-order valence-electron chi connectivity index (χ0n) is 9.61. The van der Waals surface area contributed by atoms with Crippen LogP contribution in [0.5, 0.6) is 10.9 Å². The summed E-state index contributed by atoms with van der Waals surface area (Å²) in [4.78, 5) is 0. The van der Waals surface area contributed by atoms with Crippen molar-refractivity contribution >= 4 is 22.9 Å². The fraction of sp³-hybridized carbons (Fsp3) is 0.273. The van der Waals surface area contributed by atoms with Crippen molar-refractivity contribution in [2.75, 3.05) is 6.54 Å². The first-order valence-corrected chi connectivity index (χ1v) is 6.55. The minimum atomic E-state index is -0.595. The maximum atomic E-state index is 13.6. The average Bonchev–Trinajstić information content (AvgIpc) is 2.80. The van der Waals surface area contributed by atoms with Crippen molar-refractivity contribution in [3.8, 4) is 10.9 Å². The van der Waals surface area contributed by atoms with Gasteiger partial charge in [-0.1, -0.05) is 41.0 Å². The van der Waals surface area contributed by atoms with Crippen molar-refractivity contribution < 1.29 is 9.13 Å². The summed E-state index contributed by atoms with van der Waals surface area (Å²) in [6.45, 7) is 3.47. The highest BCUT2D eigenvalue weighted by Gasteiger charge is 2.11. The van der Waals surface area contributed by atoms with Crippen molar-refractivity contribution in [2.45, 2.75) is 13.5 Å². The summed E-state index contributed by atoms with van der Waals surface area (Å²) >= 11 is 6.92. The van der Waals surface area contributed by atoms with Crippen LogP contribution in [0.25, 0.3) is 0 Å². The normalized spacial score (nSPS) is 10.6. The maximum absolute atomic E-state index is 13.6. The monoisotopic (exact) mass is 287 g/mol. The molecule has 0 atom stereocenters. The molecule has 7 heteroatoms. The molecule has 0 spiro atoms. The van der Waals surface area contributed by atoms with Gasteiger partial charge in [-0.05, 0) is 18.7 Å². The van der Waals surface area contributed by atoms with E-state index in [1.165, 1.54) is 23.5 Å². The third kappa shape index (κ3) is 3.16. The first-order chi connectivity index (χ1) is 8.70. The van der Waals surface area contributed by atoms with Gasteiger partial charge in [0.2, 0.25) is 0 Å². The summed E-state index contributed by atoms with van der Waals surface area (Å²) in [6, 6.07) is 4.56. The van der Waals surface area contributed by atoms with Gasteiger partial charge >= 0.3 is 0 Å². The third-order valence-corrected chi connectivity index (χ3v) is 3.18. The molecule has 0 saturated carbocycles. The van der Waals surface area contributed by atoms with E-state index in [2.05, 4.69) is 15.5 Å². The van der Waals surface area contributed by atoms with Crippen LogP contribution in [0.4, 0.5) is 4.39 Å². The predicted molar refractivity (Wildman–Crippen MR) is 68.8 cm³/mol. The van der Waals surface area contributed by atoms with E-state index >= 15 is 0 Å². The Hall–Kier alpha value is -1.24. The topological polar surface area (TPSA) is 47.0 Å². The minimum absolute atomic E-state index is 0.0184. The summed E-state index contributed by atoms with van der Waals surface area (Å²) in [6.07, 6.45) is 0. The van der Waals surface area contributed by atoms with E-state index in [-0.39, 0.29) is 10.8 Å². The number of rotatable bonds is 5. The molecule has 0 aliphatic carbocycles. The molecule has 1 heterocycles. The first-order valence-electron chi connectivity index (χ1n) is 5.35. The fourth-order valence-corrected chi connectivity index (χ4v) is 2.08. The lowest BCUT2D eigenvalue weighted by atomic mass is 10.3. The zero-order chi connectivity index (χ0) is 13.0. The molecule has 0 amide bonds. The van der Waals surface area contributed by atoms with Crippen molar-refractivity contribution in [2.24, 2.45) is 0 Å². The number of hydrogen-bond donors (Lipinski definition) is 1. The number of halogens is 2. The van der Waals surface area contributed by atoms with Gasteiger partial charge in [-0.25, -0.2) is 4.39 Å². The molecule has 0 bridgehead atoms. The van der Waals surface area contributed by atoms with Crippen LogP contribution in [-0.2, 0) is 6.54 Å². The summed E-state index contributed by atoms with van der Waals surface area (Å²) in [7, 11) is 0. The standard InChI is InChI=1S/C11H11ClFN3OS/c1-2-14-6-9-15-16-11(18-9)17-8-5-3-4-7(12)10(8)13/h3-5,14H,2,6H2,1H3. The van der Waals surface area contributed by atoms with Gasteiger partial charge in [0, 0.05) is 6.54 Å². The highest BCUT2D eigenvalue weighted by molar-refractivity contribution is 7.13. The molecule has 1 aromatic carbocycles. The Labute approximate surface area is 113 Å². The highest BCUT2D eigenvalue weighted by Crippen LogP contribution is 2.30. The van der Waals surface area contributed by atoms with Gasteiger partial charge in [-0.2, -0.15) is 0 Å². The third-order valence-electron chi connectivity index (χ3n) is 2.09. The maximum Gasteiger partial charge on any atom is 0.299 e. The summed E-state index contributed by atoms with van der Waals surface area (Å²) < 4.78 is 18.9. The van der Waals surface area contributed by atoms with Crippen LogP contribution in [0, 0.1) is 5.82 Å². The average molecular weight is 288 g/mol. The molecule has 0 unspecified atom stereocenters. The molecular weight excluding hydrogens is 277 g/mol. The molecule has 2 rings (SSSR count). The lowest BCUT2D eigenvalue weighted by molar-refractivity contribution is 0.436. The van der Waals surface area contributed by atoms with Crippen LogP contribution < -0.4 is 10.1 Å². The molecule has 0 aliphatic heterocycles. The molecule has 0 saturated heterocycles. The van der Waals surface area contributed by atoms with Gasteiger partial charge in [0.25, 0.3) is 5.19 Å². The summed E-state index contributed by atoms with van der Waals surface area (Å²) in [5, 5.41) is 12.0. The van der Waals surface area contributed by atoms with Crippen molar-refractivity contribution in [1.29, 1.82) is 0 Å². The SMILES string of the molecule is CCNCc1nnc(Oc2cccc(Cl)c2F)s1. The van der Waals surface area contributed by atoms with Crippen LogP contribution in [-0.4, -0.2) is 16.7 Å². The molecule has 18 heavy (non-hydrogen) atoms. The van der Waals surface area contributed by atoms with Gasteiger partial charge < -0.3 is 10.1 Å². The summed E-state index contributed by atoms with van der Waals surface area (Å²) in [5.74, 6) is -0.545. The Balaban J connectivity index is 2.09. The van der Waals surface area contributed by atoms with Gasteiger partial charge in [-0.3, -0.25) is 0 Å². The highest BCUT2D eigenvalue weighted by atomic mass is 35.5. The molecular formula is C11H11ClFN3OS. The molecule has 2 aromatic rings. The molecule has 1 aromatic heterocycles. The zero-order valence-corrected chi connectivity index (χ0v) is 11.2. The van der Waals surface area contributed by atoms with E-state index in [9.17, 15) is 4.39 Å². The van der Waals surface area contributed by atoms with Crippen LogP contribution in [0.2, 0.25) is 5.02 Å². The lowest BCUT2D eigenvalue weighted by Gasteiger charge is -2.02. The summed E-state index contributed by atoms with van der Waals surface area (Å²) in [5.41, 5.74) is 0.